The molecule has 0 radical (unpaired) electrons. The van der Waals surface area contributed by atoms with Gasteiger partial charge in [0.15, 0.2) is 0 Å². The zero-order valence-corrected chi connectivity index (χ0v) is 17.5. The highest BCUT2D eigenvalue weighted by Crippen LogP contribution is 2.28. The van der Waals surface area contributed by atoms with Gasteiger partial charge >= 0.3 is 5.63 Å². The zero-order valence-electron chi connectivity index (χ0n) is 16.7. The molecule has 1 amide bonds. The highest BCUT2D eigenvalue weighted by molar-refractivity contribution is 7.98. The number of nitrogens with zero attached hydrogens (tertiary/aromatic N) is 4. The first kappa shape index (κ1) is 19.8. The standard InChI is InChI=1S/C21H19N5O3S/c1-12-7-18-15(9-20(28)29-19(18)8-13(12)2)11-30-21-23-24-25-26(21)17-6-4-5-16(10-17)22-14(3)27/h4-10H,11H2,1-3H3,(H,22,27). The van der Waals surface area contributed by atoms with E-state index in [1.165, 1.54) is 24.8 Å². The second-order valence-electron chi connectivity index (χ2n) is 6.92. The summed E-state index contributed by atoms with van der Waals surface area (Å²) in [6, 6.07) is 12.7. The van der Waals surface area contributed by atoms with E-state index in [0.29, 0.717) is 22.2 Å². The van der Waals surface area contributed by atoms with Crippen molar-refractivity contribution in [3.05, 3.63) is 69.6 Å². The highest BCUT2D eigenvalue weighted by atomic mass is 32.2. The second-order valence-corrected chi connectivity index (χ2v) is 7.86. The Hall–Kier alpha value is -3.46. The lowest BCUT2D eigenvalue weighted by Gasteiger charge is -2.09. The largest absolute Gasteiger partial charge is 0.423 e. The molecule has 0 spiro atoms. The molecular weight excluding hydrogens is 402 g/mol. The molecule has 0 unspecified atom stereocenters. The third-order valence-electron chi connectivity index (χ3n) is 4.65. The van der Waals surface area contributed by atoms with E-state index in [2.05, 4.69) is 20.8 Å². The Morgan fingerprint density at radius 2 is 1.97 bits per heavy atom. The van der Waals surface area contributed by atoms with E-state index in [9.17, 15) is 9.59 Å². The van der Waals surface area contributed by atoms with Crippen LogP contribution in [0.15, 0.2) is 56.8 Å². The fourth-order valence-corrected chi connectivity index (χ4v) is 3.98. The average Bonchev–Trinajstić information content (AvgIpc) is 3.16. The summed E-state index contributed by atoms with van der Waals surface area (Å²) in [6.45, 7) is 5.47. The molecule has 2 aromatic carbocycles. The molecule has 0 atom stereocenters. The summed E-state index contributed by atoms with van der Waals surface area (Å²) < 4.78 is 6.96. The van der Waals surface area contributed by atoms with Gasteiger partial charge in [0.2, 0.25) is 11.1 Å². The number of benzene rings is 2. The van der Waals surface area contributed by atoms with E-state index in [1.807, 2.05) is 38.1 Å². The zero-order chi connectivity index (χ0) is 21.3. The Morgan fingerprint density at radius 3 is 2.77 bits per heavy atom. The number of aromatic nitrogens is 4. The second kappa shape index (κ2) is 8.11. The molecule has 9 heteroatoms. The van der Waals surface area contributed by atoms with Crippen LogP contribution in [0.5, 0.6) is 0 Å². The molecule has 2 aromatic heterocycles. The molecule has 30 heavy (non-hydrogen) atoms. The fourth-order valence-electron chi connectivity index (χ4n) is 3.09. The van der Waals surface area contributed by atoms with Crippen molar-refractivity contribution in [3.8, 4) is 5.69 Å². The maximum Gasteiger partial charge on any atom is 0.336 e. The van der Waals surface area contributed by atoms with Gasteiger partial charge in [0.25, 0.3) is 0 Å². The monoisotopic (exact) mass is 421 g/mol. The molecular formula is C21H19N5O3S. The lowest BCUT2D eigenvalue weighted by Crippen LogP contribution is -2.07. The Labute approximate surface area is 176 Å². The Balaban J connectivity index is 1.64. The summed E-state index contributed by atoms with van der Waals surface area (Å²) in [5, 5.41) is 16.2. The molecule has 0 saturated heterocycles. The van der Waals surface area contributed by atoms with Crippen LogP contribution in [0.1, 0.15) is 23.6 Å². The number of hydrogen-bond donors (Lipinski definition) is 1. The van der Waals surface area contributed by atoms with Gasteiger partial charge in [-0.2, -0.15) is 4.68 Å². The SMILES string of the molecule is CC(=O)Nc1cccc(-n2nnnc2SCc2cc(=O)oc3cc(C)c(C)cc23)c1. The Bertz CT molecular complexity index is 1310. The third-order valence-corrected chi connectivity index (χ3v) is 5.62. The van der Waals surface area contributed by atoms with Gasteiger partial charge in [0.05, 0.1) is 5.69 Å². The Kier molecular flexibility index (Phi) is 5.37. The molecule has 4 rings (SSSR count). The van der Waals surface area contributed by atoms with Crippen molar-refractivity contribution in [2.75, 3.05) is 5.32 Å². The molecule has 0 bridgehead atoms. The van der Waals surface area contributed by atoms with Crippen LogP contribution in [-0.2, 0) is 10.5 Å². The lowest BCUT2D eigenvalue weighted by atomic mass is 10.0. The number of fused-ring (bicyclic) bond motifs is 1. The Morgan fingerprint density at radius 1 is 1.17 bits per heavy atom. The van der Waals surface area contributed by atoms with Gasteiger partial charge in [-0.25, -0.2) is 4.79 Å². The number of hydrogen-bond acceptors (Lipinski definition) is 7. The maximum atomic E-state index is 12.0. The van der Waals surface area contributed by atoms with Crippen molar-refractivity contribution >= 4 is 34.3 Å². The smallest absolute Gasteiger partial charge is 0.336 e. The van der Waals surface area contributed by atoms with Crippen LogP contribution >= 0.6 is 11.8 Å². The van der Waals surface area contributed by atoms with Crippen molar-refractivity contribution in [1.82, 2.24) is 20.2 Å². The summed E-state index contributed by atoms with van der Waals surface area (Å²) in [5.41, 5.74) is 4.62. The minimum atomic E-state index is -0.385. The van der Waals surface area contributed by atoms with Gasteiger partial charge in [-0.05, 0) is 71.3 Å². The van der Waals surface area contributed by atoms with Crippen molar-refractivity contribution in [2.24, 2.45) is 0 Å². The fraction of sp³-hybridized carbons (Fsp3) is 0.190. The summed E-state index contributed by atoms with van der Waals surface area (Å²) in [5.74, 6) is 0.342. The van der Waals surface area contributed by atoms with E-state index in [-0.39, 0.29) is 11.5 Å². The van der Waals surface area contributed by atoms with Crippen LogP contribution in [0.2, 0.25) is 0 Å². The molecule has 8 nitrogen and oxygen atoms in total. The number of amides is 1. The first-order chi connectivity index (χ1) is 14.4. The van der Waals surface area contributed by atoms with Gasteiger partial charge < -0.3 is 9.73 Å². The summed E-state index contributed by atoms with van der Waals surface area (Å²) in [4.78, 5) is 23.3. The molecule has 0 aliphatic heterocycles. The summed E-state index contributed by atoms with van der Waals surface area (Å²) in [6.07, 6.45) is 0. The molecule has 0 saturated carbocycles. The van der Waals surface area contributed by atoms with Crippen molar-refractivity contribution in [2.45, 2.75) is 31.7 Å². The molecule has 2 heterocycles. The van der Waals surface area contributed by atoms with Crippen LogP contribution in [0.4, 0.5) is 5.69 Å². The van der Waals surface area contributed by atoms with E-state index >= 15 is 0 Å². The van der Waals surface area contributed by atoms with Crippen LogP contribution in [0.25, 0.3) is 16.7 Å². The number of nitrogens with one attached hydrogen (secondary N) is 1. The molecule has 0 aliphatic rings. The van der Waals surface area contributed by atoms with Crippen LogP contribution < -0.4 is 10.9 Å². The number of thioether (sulfide) groups is 1. The normalized spacial score (nSPS) is 11.0. The topological polar surface area (TPSA) is 103 Å². The number of tetrazole rings is 1. The van der Waals surface area contributed by atoms with Crippen molar-refractivity contribution in [1.29, 1.82) is 0 Å². The number of aryl methyl sites for hydroxylation is 2. The number of rotatable bonds is 5. The number of carbonyl (C=O) groups excluding carboxylic acids is 1. The quantitative estimate of drug-likeness (QED) is 0.388. The van der Waals surface area contributed by atoms with E-state index in [4.69, 9.17) is 4.42 Å². The van der Waals surface area contributed by atoms with Crippen molar-refractivity contribution < 1.29 is 9.21 Å². The maximum absolute atomic E-state index is 12.0. The minimum absolute atomic E-state index is 0.154. The van der Waals surface area contributed by atoms with Gasteiger partial charge in [0.1, 0.15) is 5.58 Å². The number of carbonyl (C=O) groups is 1. The summed E-state index contributed by atoms with van der Waals surface area (Å²) >= 11 is 1.41. The molecule has 0 aliphatic carbocycles. The van der Waals surface area contributed by atoms with Crippen molar-refractivity contribution in [3.63, 3.8) is 0 Å². The minimum Gasteiger partial charge on any atom is -0.423 e. The predicted octanol–water partition coefficient (Wildman–Crippen LogP) is 3.64. The first-order valence-corrected chi connectivity index (χ1v) is 10.2. The van der Waals surface area contributed by atoms with Crippen LogP contribution in [0, 0.1) is 13.8 Å². The molecule has 1 N–H and O–H groups in total. The third kappa shape index (κ3) is 4.11. The summed E-state index contributed by atoms with van der Waals surface area (Å²) in [7, 11) is 0. The van der Waals surface area contributed by atoms with E-state index in [0.717, 1.165) is 27.8 Å². The van der Waals surface area contributed by atoms with Gasteiger partial charge in [-0.1, -0.05) is 17.8 Å². The molecule has 0 fully saturated rings. The van der Waals surface area contributed by atoms with E-state index < -0.39 is 0 Å². The van der Waals surface area contributed by atoms with Gasteiger partial charge in [-0.3, -0.25) is 4.79 Å². The van der Waals surface area contributed by atoms with Gasteiger partial charge in [-0.15, -0.1) is 5.10 Å². The molecule has 152 valence electrons. The number of anilines is 1. The molecule has 4 aromatic rings. The lowest BCUT2D eigenvalue weighted by molar-refractivity contribution is -0.114. The highest BCUT2D eigenvalue weighted by Gasteiger charge is 2.13. The van der Waals surface area contributed by atoms with Crippen LogP contribution in [-0.4, -0.2) is 26.1 Å². The first-order valence-electron chi connectivity index (χ1n) is 9.24. The predicted molar refractivity (Wildman–Crippen MR) is 115 cm³/mol. The van der Waals surface area contributed by atoms with Gasteiger partial charge in [0, 0.05) is 29.8 Å². The average molecular weight is 421 g/mol. The van der Waals surface area contributed by atoms with E-state index in [1.54, 1.807) is 16.8 Å². The van der Waals surface area contributed by atoms with Crippen LogP contribution in [0.3, 0.4) is 0 Å².